The molecule has 0 aromatic carbocycles. The molecular weight excluding hydrogens is 278 g/mol. The molecule has 0 heterocycles. The van der Waals surface area contributed by atoms with Gasteiger partial charge >= 0.3 is 0 Å². The van der Waals surface area contributed by atoms with Crippen molar-refractivity contribution < 1.29 is 0 Å². The maximum Gasteiger partial charge on any atom is 0.0652 e. The molecule has 0 aliphatic carbocycles. The molecule has 0 radical (unpaired) electrons. The van der Waals surface area contributed by atoms with Gasteiger partial charge in [0, 0.05) is 5.92 Å². The van der Waals surface area contributed by atoms with E-state index in [1.165, 1.54) is 77.0 Å². The molecule has 0 aromatic rings. The molecule has 1 heteroatoms. The van der Waals surface area contributed by atoms with Crippen LogP contribution in [0.25, 0.3) is 0 Å². The van der Waals surface area contributed by atoms with Crippen molar-refractivity contribution in [3.8, 4) is 6.07 Å². The zero-order chi connectivity index (χ0) is 17.0. The van der Waals surface area contributed by atoms with Crippen molar-refractivity contribution in [3.05, 3.63) is 24.3 Å². The predicted molar refractivity (Wildman–Crippen MR) is 103 cm³/mol. The lowest BCUT2D eigenvalue weighted by molar-refractivity contribution is 0.539. The van der Waals surface area contributed by atoms with Crippen LogP contribution in [-0.2, 0) is 0 Å². The second-order valence-corrected chi connectivity index (χ2v) is 6.76. The van der Waals surface area contributed by atoms with Gasteiger partial charge in [-0.2, -0.15) is 5.26 Å². The van der Waals surface area contributed by atoms with Crippen LogP contribution in [0.3, 0.4) is 0 Å². The summed E-state index contributed by atoms with van der Waals surface area (Å²) in [5.74, 6) is 0.243. The van der Waals surface area contributed by atoms with Gasteiger partial charge in [-0.25, -0.2) is 0 Å². The Morgan fingerprint density at radius 1 is 0.739 bits per heavy atom. The molecule has 0 aliphatic heterocycles. The third kappa shape index (κ3) is 18.9. The molecule has 132 valence electrons. The largest absolute Gasteiger partial charge is 0.198 e. The summed E-state index contributed by atoms with van der Waals surface area (Å²) in [6.07, 6.45) is 27.3. The lowest BCUT2D eigenvalue weighted by atomic mass is 10.0. The lowest BCUT2D eigenvalue weighted by Gasteiger charge is -2.02. The Kier molecular flexibility index (Phi) is 18.2. The van der Waals surface area contributed by atoms with E-state index >= 15 is 0 Å². The van der Waals surface area contributed by atoms with E-state index in [1.54, 1.807) is 0 Å². The molecule has 0 aromatic heterocycles. The Bertz CT molecular complexity index is 321. The molecule has 0 saturated carbocycles. The predicted octanol–water partition coefficient (Wildman–Crippen LogP) is 7.74. The highest BCUT2D eigenvalue weighted by atomic mass is 14.3. The summed E-state index contributed by atoms with van der Waals surface area (Å²) in [4.78, 5) is 0. The zero-order valence-corrected chi connectivity index (χ0v) is 15.7. The normalized spacial score (nSPS) is 12.9. The highest BCUT2D eigenvalue weighted by Gasteiger charge is 1.98. The van der Waals surface area contributed by atoms with Gasteiger partial charge in [0.05, 0.1) is 6.07 Å². The first-order valence-electron chi connectivity index (χ1n) is 10.0. The Labute approximate surface area is 145 Å². The number of allylic oxidation sites excluding steroid dienone is 4. The SMILES string of the molecule is CCCCC/C=C\C/C=C\CCCCCCCCCC(C)C#N. The minimum Gasteiger partial charge on any atom is -0.198 e. The Hall–Kier alpha value is -1.03. The van der Waals surface area contributed by atoms with Crippen LogP contribution in [0.4, 0.5) is 0 Å². The van der Waals surface area contributed by atoms with E-state index in [2.05, 4.69) is 37.3 Å². The molecule has 0 fully saturated rings. The molecular formula is C22H39N. The summed E-state index contributed by atoms with van der Waals surface area (Å²) in [6.45, 7) is 4.28. The summed E-state index contributed by atoms with van der Waals surface area (Å²) >= 11 is 0. The van der Waals surface area contributed by atoms with Crippen LogP contribution in [0.1, 0.15) is 104 Å². The lowest BCUT2D eigenvalue weighted by Crippen LogP contribution is -1.89. The van der Waals surface area contributed by atoms with Gasteiger partial charge < -0.3 is 0 Å². The monoisotopic (exact) mass is 317 g/mol. The van der Waals surface area contributed by atoms with Gasteiger partial charge in [-0.15, -0.1) is 0 Å². The van der Waals surface area contributed by atoms with Gasteiger partial charge in [-0.05, 0) is 45.4 Å². The van der Waals surface area contributed by atoms with Crippen LogP contribution in [0.5, 0.6) is 0 Å². The van der Waals surface area contributed by atoms with Crippen LogP contribution >= 0.6 is 0 Å². The van der Waals surface area contributed by atoms with Crippen LogP contribution in [0.15, 0.2) is 24.3 Å². The highest BCUT2D eigenvalue weighted by Crippen LogP contribution is 2.12. The van der Waals surface area contributed by atoms with Crippen molar-refractivity contribution in [2.45, 2.75) is 104 Å². The first kappa shape index (κ1) is 22.0. The zero-order valence-electron chi connectivity index (χ0n) is 15.7. The first-order chi connectivity index (χ1) is 11.3. The van der Waals surface area contributed by atoms with Gasteiger partial charge in [0.1, 0.15) is 0 Å². The van der Waals surface area contributed by atoms with Crippen LogP contribution < -0.4 is 0 Å². The van der Waals surface area contributed by atoms with Gasteiger partial charge in [0.2, 0.25) is 0 Å². The van der Waals surface area contributed by atoms with Crippen LogP contribution in [0, 0.1) is 17.2 Å². The Balaban J connectivity index is 3.18. The van der Waals surface area contributed by atoms with E-state index in [1.807, 2.05) is 6.92 Å². The number of nitriles is 1. The maximum absolute atomic E-state index is 8.71. The van der Waals surface area contributed by atoms with Gasteiger partial charge in [0.15, 0.2) is 0 Å². The fourth-order valence-corrected chi connectivity index (χ4v) is 2.68. The molecule has 0 aliphatic rings. The Morgan fingerprint density at radius 2 is 1.26 bits per heavy atom. The molecule has 0 saturated heterocycles. The van der Waals surface area contributed by atoms with Crippen molar-refractivity contribution in [2.75, 3.05) is 0 Å². The summed E-state index contributed by atoms with van der Waals surface area (Å²) in [6, 6.07) is 2.31. The summed E-state index contributed by atoms with van der Waals surface area (Å²) in [7, 11) is 0. The van der Waals surface area contributed by atoms with E-state index in [-0.39, 0.29) is 5.92 Å². The second-order valence-electron chi connectivity index (χ2n) is 6.76. The van der Waals surface area contributed by atoms with E-state index in [0.717, 1.165) is 12.8 Å². The van der Waals surface area contributed by atoms with Crippen molar-refractivity contribution in [1.82, 2.24) is 0 Å². The standard InChI is InChI=1S/C22H39N/c1-3-4-5-6-7-8-9-10-11-12-13-14-15-16-17-18-19-20-22(2)21-23/h7-8,10-11,22H,3-6,9,12-20H2,1-2H3/b8-7-,11-10-. The van der Waals surface area contributed by atoms with Crippen molar-refractivity contribution >= 4 is 0 Å². The average molecular weight is 318 g/mol. The average Bonchev–Trinajstić information content (AvgIpc) is 2.57. The molecule has 0 rings (SSSR count). The van der Waals surface area contributed by atoms with E-state index in [4.69, 9.17) is 5.26 Å². The molecule has 0 bridgehead atoms. The molecule has 23 heavy (non-hydrogen) atoms. The summed E-state index contributed by atoms with van der Waals surface area (Å²) in [5, 5.41) is 8.71. The topological polar surface area (TPSA) is 23.8 Å². The first-order valence-corrected chi connectivity index (χ1v) is 10.0. The molecule has 0 N–H and O–H groups in total. The third-order valence-corrected chi connectivity index (χ3v) is 4.31. The third-order valence-electron chi connectivity index (χ3n) is 4.31. The minimum atomic E-state index is 0.243. The fraction of sp³-hybridized carbons (Fsp3) is 0.773. The summed E-state index contributed by atoms with van der Waals surface area (Å²) < 4.78 is 0. The number of unbranched alkanes of at least 4 members (excludes halogenated alkanes) is 10. The molecule has 1 unspecified atom stereocenters. The molecule has 0 amide bonds. The van der Waals surface area contributed by atoms with E-state index in [0.29, 0.717) is 0 Å². The number of hydrogen-bond acceptors (Lipinski definition) is 1. The van der Waals surface area contributed by atoms with Gasteiger partial charge in [-0.1, -0.05) is 82.6 Å². The Morgan fingerprint density at radius 3 is 1.83 bits per heavy atom. The van der Waals surface area contributed by atoms with E-state index < -0.39 is 0 Å². The molecule has 1 atom stereocenters. The van der Waals surface area contributed by atoms with Crippen molar-refractivity contribution in [1.29, 1.82) is 5.26 Å². The molecule has 1 nitrogen and oxygen atoms in total. The second kappa shape index (κ2) is 19.0. The van der Waals surface area contributed by atoms with Gasteiger partial charge in [0.25, 0.3) is 0 Å². The maximum atomic E-state index is 8.71. The van der Waals surface area contributed by atoms with Crippen molar-refractivity contribution in [2.24, 2.45) is 5.92 Å². The number of rotatable bonds is 16. The molecule has 0 spiro atoms. The van der Waals surface area contributed by atoms with E-state index in [9.17, 15) is 0 Å². The highest BCUT2D eigenvalue weighted by molar-refractivity contribution is 4.92. The fourth-order valence-electron chi connectivity index (χ4n) is 2.68. The van der Waals surface area contributed by atoms with Crippen LogP contribution in [0.2, 0.25) is 0 Å². The van der Waals surface area contributed by atoms with Crippen molar-refractivity contribution in [3.63, 3.8) is 0 Å². The number of nitrogens with zero attached hydrogens (tertiary/aromatic N) is 1. The number of hydrogen-bond donors (Lipinski definition) is 0. The van der Waals surface area contributed by atoms with Gasteiger partial charge in [-0.3, -0.25) is 0 Å². The summed E-state index contributed by atoms with van der Waals surface area (Å²) in [5.41, 5.74) is 0. The quantitative estimate of drug-likeness (QED) is 0.211. The minimum absolute atomic E-state index is 0.243. The smallest absolute Gasteiger partial charge is 0.0652 e. The van der Waals surface area contributed by atoms with Crippen LogP contribution in [-0.4, -0.2) is 0 Å².